The van der Waals surface area contributed by atoms with E-state index in [4.69, 9.17) is 0 Å². The first kappa shape index (κ1) is 32.4. The standard InChI is InChI=1S/C13H10.2C13H15.2ClH.Ti/c1-3-7-12(8-4-1)11-13-9-5-2-6-10-13;2*1-2-3-6-11-9-12-7-4-5-8-13(12)10-11;;;/h1-10H;2*4-5,7-10H,2-3,6H2,1H3;2*1H;/q;;;;;+2/p-2. The number of hydrogen-bond acceptors (Lipinski definition) is 0. The molecule has 0 nitrogen and oxygen atoms in total. The maximum absolute atomic E-state index is 2.58. The molecule has 0 heterocycles. The van der Waals surface area contributed by atoms with Crippen LogP contribution in [0.4, 0.5) is 0 Å². The van der Waals surface area contributed by atoms with Crippen LogP contribution < -0.4 is 24.8 Å². The number of unbranched alkanes of at least 4 members (excludes halogenated alkanes) is 2. The normalized spacial score (nSPS) is 16.1. The van der Waals surface area contributed by atoms with Gasteiger partial charge in [0.2, 0.25) is 0 Å². The first-order chi connectivity index (χ1) is 19.8. The van der Waals surface area contributed by atoms with Gasteiger partial charge >= 0.3 is 248 Å². The minimum atomic E-state index is -2.22. The van der Waals surface area contributed by atoms with Gasteiger partial charge in [-0.3, -0.25) is 0 Å². The minimum Gasteiger partial charge on any atom is -1.00 e. The molecule has 2 unspecified atom stereocenters. The Morgan fingerprint density at radius 2 is 0.905 bits per heavy atom. The van der Waals surface area contributed by atoms with E-state index in [1.807, 2.05) is 0 Å². The van der Waals surface area contributed by atoms with E-state index in [-0.39, 0.29) is 24.8 Å². The first-order valence-corrected chi connectivity index (χ1v) is 17.8. The zero-order valence-electron chi connectivity index (χ0n) is 24.7. The second kappa shape index (κ2) is 15.3. The summed E-state index contributed by atoms with van der Waals surface area (Å²) in [6, 6.07) is 41.4. The first-order valence-electron chi connectivity index (χ1n) is 15.2. The molecule has 0 aliphatic heterocycles. The molecule has 42 heavy (non-hydrogen) atoms. The van der Waals surface area contributed by atoms with E-state index in [1.165, 1.54) is 60.8 Å². The summed E-state index contributed by atoms with van der Waals surface area (Å²) < 4.78 is 2.67. The molecule has 0 N–H and O–H groups in total. The molecular weight excluding hydrogens is 587 g/mol. The third kappa shape index (κ3) is 6.53. The van der Waals surface area contributed by atoms with Gasteiger partial charge in [-0.25, -0.2) is 0 Å². The van der Waals surface area contributed by atoms with E-state index in [1.54, 1.807) is 26.1 Å². The topological polar surface area (TPSA) is 0 Å². The van der Waals surface area contributed by atoms with E-state index in [0.717, 1.165) is 0 Å². The van der Waals surface area contributed by atoms with Gasteiger partial charge in [0.1, 0.15) is 0 Å². The Hall–Kier alpha value is -2.48. The number of hydrogen-bond donors (Lipinski definition) is 0. The van der Waals surface area contributed by atoms with Crippen molar-refractivity contribution in [1.29, 1.82) is 0 Å². The second-order valence-electron chi connectivity index (χ2n) is 11.3. The Morgan fingerprint density at radius 3 is 1.31 bits per heavy atom. The molecule has 0 spiro atoms. The molecule has 0 saturated carbocycles. The van der Waals surface area contributed by atoms with E-state index in [0.29, 0.717) is 8.45 Å². The predicted octanol–water partition coefficient (Wildman–Crippen LogP) is 4.54. The zero-order chi connectivity index (χ0) is 27.3. The molecule has 0 saturated heterocycles. The number of allylic oxidation sites excluding steroid dienone is 2. The molecular formula is C39H40Cl2Ti. The van der Waals surface area contributed by atoms with Gasteiger partial charge in [0, 0.05) is 0 Å². The quantitative estimate of drug-likeness (QED) is 0.227. The van der Waals surface area contributed by atoms with Crippen LogP contribution in [0.5, 0.6) is 0 Å². The number of benzene rings is 4. The average Bonchev–Trinajstić information content (AvgIpc) is 3.56. The van der Waals surface area contributed by atoms with Gasteiger partial charge in [0.05, 0.1) is 0 Å². The molecule has 0 bridgehead atoms. The SMILES string of the molecule is CCCCC1=Cc2ccccc2[CH]1[Ti+2](=[C](c1ccccc1)c1ccccc1)[CH]1C(CCCC)=Cc2ccccc21.[Cl-].[Cl-]. The van der Waals surface area contributed by atoms with Crippen molar-refractivity contribution in [2.24, 2.45) is 0 Å². The number of fused-ring (bicyclic) bond motifs is 2. The summed E-state index contributed by atoms with van der Waals surface area (Å²) in [7, 11) is 0. The summed E-state index contributed by atoms with van der Waals surface area (Å²) in [5, 5.41) is 0. The van der Waals surface area contributed by atoms with E-state index < -0.39 is 17.4 Å². The van der Waals surface area contributed by atoms with Gasteiger partial charge in [-0.15, -0.1) is 0 Å². The zero-order valence-corrected chi connectivity index (χ0v) is 27.8. The van der Waals surface area contributed by atoms with Crippen molar-refractivity contribution in [1.82, 2.24) is 0 Å². The van der Waals surface area contributed by atoms with Crippen molar-refractivity contribution < 1.29 is 42.2 Å². The fourth-order valence-electron chi connectivity index (χ4n) is 6.87. The van der Waals surface area contributed by atoms with Crippen molar-refractivity contribution >= 4 is 16.0 Å². The fraction of sp³-hybridized carbons (Fsp3) is 0.256. The Balaban J connectivity index is 0.00000202. The predicted molar refractivity (Wildman–Crippen MR) is 169 cm³/mol. The molecule has 4 aromatic carbocycles. The van der Waals surface area contributed by atoms with Crippen LogP contribution in [0.15, 0.2) is 120 Å². The average molecular weight is 628 g/mol. The molecule has 0 amide bonds. The Bertz CT molecular complexity index is 1450. The molecule has 2 aliphatic rings. The maximum atomic E-state index is 2.58. The summed E-state index contributed by atoms with van der Waals surface area (Å²) in [5.74, 6) is 0. The Kier molecular flexibility index (Phi) is 11.8. The van der Waals surface area contributed by atoms with Crippen molar-refractivity contribution in [2.45, 2.75) is 60.8 Å². The molecule has 2 atom stereocenters. The third-order valence-corrected chi connectivity index (χ3v) is 14.6. The molecule has 0 fully saturated rings. The number of halogens is 2. The Morgan fingerprint density at radius 1 is 0.524 bits per heavy atom. The van der Waals surface area contributed by atoms with Gasteiger partial charge in [0.25, 0.3) is 0 Å². The monoisotopic (exact) mass is 626 g/mol. The minimum absolute atomic E-state index is 0. The second-order valence-corrected chi connectivity index (χ2v) is 15.3. The van der Waals surface area contributed by atoms with E-state index >= 15 is 0 Å². The van der Waals surface area contributed by atoms with Crippen molar-refractivity contribution in [3.63, 3.8) is 0 Å². The molecule has 3 heteroatoms. The van der Waals surface area contributed by atoms with E-state index in [9.17, 15) is 0 Å². The van der Waals surface area contributed by atoms with Crippen LogP contribution in [0.2, 0.25) is 0 Å². The fourth-order valence-corrected chi connectivity index (χ4v) is 13.7. The van der Waals surface area contributed by atoms with Crippen LogP contribution in [-0.2, 0) is 17.4 Å². The maximum Gasteiger partial charge on any atom is -1.00 e. The number of rotatable bonds is 10. The summed E-state index contributed by atoms with van der Waals surface area (Å²) in [6.45, 7) is 4.66. The van der Waals surface area contributed by atoms with Crippen LogP contribution in [0.3, 0.4) is 0 Å². The van der Waals surface area contributed by atoms with Gasteiger partial charge in [-0.1, -0.05) is 0 Å². The van der Waals surface area contributed by atoms with Gasteiger partial charge in [0.15, 0.2) is 0 Å². The molecule has 214 valence electrons. The molecule has 2 aliphatic carbocycles. The Labute approximate surface area is 271 Å². The van der Waals surface area contributed by atoms with Crippen LogP contribution in [-0.4, -0.2) is 3.81 Å². The van der Waals surface area contributed by atoms with Crippen molar-refractivity contribution in [2.75, 3.05) is 0 Å². The molecule has 6 rings (SSSR count). The van der Waals surface area contributed by atoms with Crippen LogP contribution in [0.1, 0.15) is 94.2 Å². The summed E-state index contributed by atoms with van der Waals surface area (Å²) >= 11 is -2.22. The smallest absolute Gasteiger partial charge is 1.00 e. The molecule has 4 aromatic rings. The van der Waals surface area contributed by atoms with Crippen molar-refractivity contribution in [3.8, 4) is 0 Å². The largest absolute Gasteiger partial charge is 1.00 e. The van der Waals surface area contributed by atoms with Crippen LogP contribution in [0.25, 0.3) is 12.2 Å². The van der Waals surface area contributed by atoms with Gasteiger partial charge < -0.3 is 24.8 Å². The van der Waals surface area contributed by atoms with Gasteiger partial charge in [-0.2, -0.15) is 0 Å². The molecule has 0 aromatic heterocycles. The van der Waals surface area contributed by atoms with Crippen molar-refractivity contribution in [3.05, 3.63) is 154 Å². The third-order valence-electron chi connectivity index (χ3n) is 8.71. The van der Waals surface area contributed by atoms with E-state index in [2.05, 4.69) is 135 Å². The molecule has 0 radical (unpaired) electrons. The summed E-state index contributed by atoms with van der Waals surface area (Å²) in [6.07, 6.45) is 12.5. The van der Waals surface area contributed by atoms with Gasteiger partial charge in [-0.05, 0) is 0 Å². The summed E-state index contributed by atoms with van der Waals surface area (Å²) in [5.41, 5.74) is 12.3. The van der Waals surface area contributed by atoms with Crippen LogP contribution >= 0.6 is 0 Å². The van der Waals surface area contributed by atoms with Crippen LogP contribution in [0, 0.1) is 0 Å². The summed E-state index contributed by atoms with van der Waals surface area (Å²) in [4.78, 5) is 0.